The minimum absolute atomic E-state index is 0. The molecule has 0 aliphatic heterocycles. The first-order valence-electron chi connectivity index (χ1n) is 9.03. The van der Waals surface area contributed by atoms with E-state index in [4.69, 9.17) is 9.47 Å². The van der Waals surface area contributed by atoms with Gasteiger partial charge in [-0.15, -0.1) is 35.3 Å². The van der Waals surface area contributed by atoms with Crippen LogP contribution in [0.25, 0.3) is 0 Å². The van der Waals surface area contributed by atoms with Crippen molar-refractivity contribution in [1.29, 1.82) is 0 Å². The molecule has 0 amide bonds. The summed E-state index contributed by atoms with van der Waals surface area (Å²) < 4.78 is 48.4. The van der Waals surface area contributed by atoms with Crippen molar-refractivity contribution >= 4 is 41.3 Å². The highest BCUT2D eigenvalue weighted by molar-refractivity contribution is 14.0. The van der Waals surface area contributed by atoms with Gasteiger partial charge in [-0.3, -0.25) is 0 Å². The van der Waals surface area contributed by atoms with E-state index in [1.54, 1.807) is 19.4 Å². The number of guanidine groups is 1. The lowest BCUT2D eigenvalue weighted by atomic mass is 10.3. The number of ether oxygens (including phenoxy) is 2. The predicted molar refractivity (Wildman–Crippen MR) is 121 cm³/mol. The van der Waals surface area contributed by atoms with Crippen molar-refractivity contribution in [2.24, 2.45) is 4.99 Å². The third-order valence-electron chi connectivity index (χ3n) is 3.60. The number of methoxy groups -OCH3 is 1. The predicted octanol–water partition coefficient (Wildman–Crippen LogP) is 3.50. The summed E-state index contributed by atoms with van der Waals surface area (Å²) >= 11 is 0.997. The number of pyridine rings is 1. The highest BCUT2D eigenvalue weighted by atomic mass is 127. The van der Waals surface area contributed by atoms with Gasteiger partial charge in [0.2, 0.25) is 5.88 Å². The molecule has 0 bridgehead atoms. The Bertz CT molecular complexity index is 789. The Balaban J connectivity index is 0.00000450. The summed E-state index contributed by atoms with van der Waals surface area (Å²) in [6.45, 7) is 4.15. The highest BCUT2D eigenvalue weighted by Gasteiger charge is 2.33. The van der Waals surface area contributed by atoms with E-state index in [9.17, 15) is 13.2 Å². The number of aliphatic imine (C=N–C) groups is 1. The lowest BCUT2D eigenvalue weighted by molar-refractivity contribution is -0.140. The fourth-order valence-electron chi connectivity index (χ4n) is 2.25. The maximum Gasteiger partial charge on any atom is 0.434 e. The molecule has 0 aromatic carbocycles. The van der Waals surface area contributed by atoms with Gasteiger partial charge in [-0.25, -0.2) is 15.0 Å². The Morgan fingerprint density at radius 1 is 1.27 bits per heavy atom. The molecule has 0 fully saturated rings. The molecule has 0 saturated heterocycles. The SMILES string of the molecule is CCNC(=NCc1cccnc1OCCOC)NCCc1nc(C(F)(F)F)cs1.I. The smallest absolute Gasteiger partial charge is 0.434 e. The fraction of sp³-hybridized carbons (Fsp3) is 0.500. The lowest BCUT2D eigenvalue weighted by Crippen LogP contribution is -2.38. The Morgan fingerprint density at radius 2 is 2.07 bits per heavy atom. The summed E-state index contributed by atoms with van der Waals surface area (Å²) in [4.78, 5) is 12.3. The molecule has 12 heteroatoms. The maximum atomic E-state index is 12.6. The van der Waals surface area contributed by atoms with Gasteiger partial charge in [0, 0.05) is 43.8 Å². The molecule has 0 radical (unpaired) electrons. The zero-order valence-electron chi connectivity index (χ0n) is 16.7. The van der Waals surface area contributed by atoms with Crippen molar-refractivity contribution in [3.05, 3.63) is 40.0 Å². The molecule has 0 spiro atoms. The van der Waals surface area contributed by atoms with Crippen LogP contribution in [0.2, 0.25) is 0 Å². The van der Waals surface area contributed by atoms with Crippen molar-refractivity contribution in [2.45, 2.75) is 26.1 Å². The average molecular weight is 559 g/mol. The highest BCUT2D eigenvalue weighted by Crippen LogP contribution is 2.30. The van der Waals surface area contributed by atoms with Gasteiger partial charge >= 0.3 is 6.18 Å². The Morgan fingerprint density at radius 3 is 2.73 bits per heavy atom. The van der Waals surface area contributed by atoms with Gasteiger partial charge in [0.25, 0.3) is 0 Å². The number of aromatic nitrogens is 2. The number of hydrogen-bond donors (Lipinski definition) is 2. The summed E-state index contributed by atoms with van der Waals surface area (Å²) in [5.74, 6) is 1.04. The molecule has 0 saturated carbocycles. The summed E-state index contributed by atoms with van der Waals surface area (Å²) in [7, 11) is 1.59. The third-order valence-corrected chi connectivity index (χ3v) is 4.51. The summed E-state index contributed by atoms with van der Waals surface area (Å²) in [6.07, 6.45) is -2.41. The molecule has 7 nitrogen and oxygen atoms in total. The van der Waals surface area contributed by atoms with Crippen molar-refractivity contribution in [3.63, 3.8) is 0 Å². The number of thiazole rings is 1. The van der Waals surface area contributed by atoms with E-state index in [1.807, 2.05) is 13.0 Å². The van der Waals surface area contributed by atoms with Crippen LogP contribution in [0.15, 0.2) is 28.7 Å². The number of rotatable bonds is 10. The maximum absolute atomic E-state index is 12.6. The van der Waals surface area contributed by atoms with Crippen LogP contribution < -0.4 is 15.4 Å². The van der Waals surface area contributed by atoms with E-state index >= 15 is 0 Å². The largest absolute Gasteiger partial charge is 0.475 e. The van der Waals surface area contributed by atoms with Gasteiger partial charge in [-0.05, 0) is 13.0 Å². The molecule has 0 atom stereocenters. The zero-order chi connectivity index (χ0) is 21.1. The molecule has 30 heavy (non-hydrogen) atoms. The van der Waals surface area contributed by atoms with Crippen LogP contribution in [-0.4, -0.2) is 49.3 Å². The van der Waals surface area contributed by atoms with Crippen LogP contribution in [0.3, 0.4) is 0 Å². The van der Waals surface area contributed by atoms with E-state index in [1.165, 1.54) is 0 Å². The molecule has 2 aromatic heterocycles. The van der Waals surface area contributed by atoms with E-state index < -0.39 is 11.9 Å². The second-order valence-corrected chi connectivity index (χ2v) is 6.75. The van der Waals surface area contributed by atoms with Crippen LogP contribution >= 0.6 is 35.3 Å². The average Bonchev–Trinajstić information content (AvgIpc) is 3.17. The minimum atomic E-state index is -4.41. The van der Waals surface area contributed by atoms with Crippen LogP contribution in [0.1, 0.15) is 23.2 Å². The van der Waals surface area contributed by atoms with Gasteiger partial charge in [-0.2, -0.15) is 13.2 Å². The number of nitrogens with zero attached hydrogens (tertiary/aromatic N) is 3. The first kappa shape index (κ1) is 26.4. The van der Waals surface area contributed by atoms with Crippen molar-refractivity contribution < 1.29 is 22.6 Å². The zero-order valence-corrected chi connectivity index (χ0v) is 19.8. The minimum Gasteiger partial charge on any atom is -0.475 e. The Hall–Kier alpha value is -1.67. The molecule has 2 rings (SSSR count). The molecule has 168 valence electrons. The van der Waals surface area contributed by atoms with Crippen molar-refractivity contribution in [2.75, 3.05) is 33.4 Å². The molecular weight excluding hydrogens is 534 g/mol. The monoisotopic (exact) mass is 559 g/mol. The Kier molecular flexibility index (Phi) is 11.9. The van der Waals surface area contributed by atoms with E-state index in [0.29, 0.717) is 56.1 Å². The second kappa shape index (κ2) is 13.6. The Labute approximate surface area is 194 Å². The standard InChI is InChI=1S/C18H24F3N5O2S.HI/c1-3-22-17(24-8-6-15-26-14(12-29-15)18(19,20)21)25-11-13-5-4-7-23-16(13)28-10-9-27-2;/h4-5,7,12H,3,6,8-11H2,1-2H3,(H2,22,24,25);1H. The van der Waals surface area contributed by atoms with Crippen LogP contribution in [0.5, 0.6) is 5.88 Å². The molecule has 0 unspecified atom stereocenters. The van der Waals surface area contributed by atoms with Crippen molar-refractivity contribution in [1.82, 2.24) is 20.6 Å². The summed E-state index contributed by atoms with van der Waals surface area (Å²) in [6, 6.07) is 3.67. The fourth-order valence-corrected chi connectivity index (χ4v) is 3.05. The first-order chi connectivity index (χ1) is 13.9. The third kappa shape index (κ3) is 9.00. The molecule has 0 aliphatic carbocycles. The molecular formula is C18H25F3IN5O2S. The van der Waals surface area contributed by atoms with Gasteiger partial charge < -0.3 is 20.1 Å². The normalized spacial score (nSPS) is 11.7. The summed E-state index contributed by atoms with van der Waals surface area (Å²) in [5.41, 5.74) is -0.0359. The van der Waals surface area contributed by atoms with Crippen LogP contribution in [0, 0.1) is 0 Å². The molecule has 0 aliphatic rings. The molecule has 2 heterocycles. The first-order valence-corrected chi connectivity index (χ1v) is 9.91. The van der Waals surface area contributed by atoms with Gasteiger partial charge in [-0.1, -0.05) is 6.07 Å². The van der Waals surface area contributed by atoms with Crippen LogP contribution in [0.4, 0.5) is 13.2 Å². The van der Waals surface area contributed by atoms with Gasteiger partial charge in [0.05, 0.1) is 18.2 Å². The van der Waals surface area contributed by atoms with Gasteiger partial charge in [0.1, 0.15) is 6.61 Å². The molecule has 2 aromatic rings. The van der Waals surface area contributed by atoms with Crippen LogP contribution in [-0.2, 0) is 23.9 Å². The quantitative estimate of drug-likeness (QED) is 0.201. The van der Waals surface area contributed by atoms with E-state index in [0.717, 1.165) is 22.3 Å². The molecule has 2 N–H and O–H groups in total. The second-order valence-electron chi connectivity index (χ2n) is 5.81. The number of alkyl halides is 3. The van der Waals surface area contributed by atoms with E-state index in [2.05, 4.69) is 25.6 Å². The number of nitrogens with one attached hydrogen (secondary N) is 2. The number of halogens is 4. The topological polar surface area (TPSA) is 80.7 Å². The van der Waals surface area contributed by atoms with Gasteiger partial charge in [0.15, 0.2) is 11.7 Å². The summed E-state index contributed by atoms with van der Waals surface area (Å²) in [5, 5.41) is 7.65. The lowest BCUT2D eigenvalue weighted by Gasteiger charge is -2.12. The van der Waals surface area contributed by atoms with Crippen molar-refractivity contribution in [3.8, 4) is 5.88 Å². The number of hydrogen-bond acceptors (Lipinski definition) is 6. The van der Waals surface area contributed by atoms with E-state index in [-0.39, 0.29) is 24.0 Å².